The molecule has 5 rings (SSSR count). The zero-order valence-electron chi connectivity index (χ0n) is 23.6. The fraction of sp³-hybridized carbons (Fsp3) is 0.621. The predicted octanol–water partition coefficient (Wildman–Crippen LogP) is 4.60. The lowest BCUT2D eigenvalue weighted by molar-refractivity contribution is 0.102. The van der Waals surface area contributed by atoms with Gasteiger partial charge in [-0.2, -0.15) is 9.97 Å². The van der Waals surface area contributed by atoms with Crippen molar-refractivity contribution >= 4 is 22.8 Å². The number of aliphatic hydroxyl groups is 1. The molecule has 2 aromatic heterocycles. The molecule has 224 valence electrons. The number of nitrogens with one attached hydrogen (secondary N) is 1. The molecule has 2 fully saturated rings. The third-order valence-corrected chi connectivity index (χ3v) is 8.02. The number of aromatic nitrogens is 4. The van der Waals surface area contributed by atoms with E-state index in [1.165, 1.54) is 4.57 Å². The number of ether oxygens (including phenoxy) is 1. The Morgan fingerprint density at radius 3 is 2.49 bits per heavy atom. The molecule has 0 spiro atoms. The highest BCUT2D eigenvalue weighted by Gasteiger charge is 2.27. The van der Waals surface area contributed by atoms with Crippen LogP contribution in [0.4, 0.5) is 24.9 Å². The van der Waals surface area contributed by atoms with E-state index >= 15 is 0 Å². The molecule has 3 aromatic rings. The number of anilines is 2. The summed E-state index contributed by atoms with van der Waals surface area (Å²) in [6, 6.07) is 9.12. The summed E-state index contributed by atoms with van der Waals surface area (Å²) in [5, 5.41) is 12.6. The van der Waals surface area contributed by atoms with Crippen LogP contribution in [0, 0.1) is 5.92 Å². The molecule has 1 unspecified atom stereocenters. The minimum Gasteiger partial charge on any atom is -0.396 e. The fourth-order valence-electron chi connectivity index (χ4n) is 5.97. The van der Waals surface area contributed by atoms with Crippen molar-refractivity contribution < 1.29 is 23.0 Å². The third-order valence-electron chi connectivity index (χ3n) is 8.02. The predicted molar refractivity (Wildman–Crippen MR) is 153 cm³/mol. The largest absolute Gasteiger partial charge is 0.396 e. The second-order valence-electron chi connectivity index (χ2n) is 11.0. The Hall–Kier alpha value is -2.96. The maximum Gasteiger partial charge on any atom is 0.296 e. The van der Waals surface area contributed by atoms with E-state index < -0.39 is 12.6 Å². The Morgan fingerprint density at radius 2 is 1.78 bits per heavy atom. The molecule has 1 saturated heterocycles. The molecule has 9 nitrogen and oxygen atoms in total. The van der Waals surface area contributed by atoms with Crippen molar-refractivity contribution in [3.8, 4) is 5.82 Å². The summed E-state index contributed by atoms with van der Waals surface area (Å²) in [4.78, 5) is 17.9. The molecule has 1 atom stereocenters. The summed E-state index contributed by atoms with van der Waals surface area (Å²) in [6.45, 7) is 5.87. The molecule has 0 radical (unpaired) electrons. The number of hydrogen-bond donors (Lipinski definition) is 2. The minimum absolute atomic E-state index is 0.107. The fourth-order valence-corrected chi connectivity index (χ4v) is 5.97. The molecule has 0 bridgehead atoms. The lowest BCUT2D eigenvalue weighted by Crippen LogP contribution is -2.42. The molecule has 12 heteroatoms. The molecule has 3 heterocycles. The third kappa shape index (κ3) is 7.28. The first-order valence-corrected chi connectivity index (χ1v) is 14.6. The summed E-state index contributed by atoms with van der Waals surface area (Å²) in [7, 11) is 0. The number of alkyl halides is 3. The summed E-state index contributed by atoms with van der Waals surface area (Å²) in [5.41, 5.74) is 1.04. The van der Waals surface area contributed by atoms with Crippen LogP contribution in [0.3, 0.4) is 0 Å². The summed E-state index contributed by atoms with van der Waals surface area (Å²) in [6.07, 6.45) is 0.848. The number of halogens is 3. The van der Waals surface area contributed by atoms with Crippen LogP contribution in [0.15, 0.2) is 30.3 Å². The van der Waals surface area contributed by atoms with E-state index in [4.69, 9.17) is 14.7 Å². The minimum atomic E-state index is -2.77. The molecular weight excluding hydrogens is 535 g/mol. The molecule has 0 amide bonds. The van der Waals surface area contributed by atoms with Crippen LogP contribution in [0.25, 0.3) is 16.9 Å². The van der Waals surface area contributed by atoms with Gasteiger partial charge >= 0.3 is 0 Å². The van der Waals surface area contributed by atoms with Crippen LogP contribution < -0.4 is 10.2 Å². The van der Waals surface area contributed by atoms with Crippen molar-refractivity contribution in [2.24, 2.45) is 5.92 Å². The number of imidazole rings is 1. The lowest BCUT2D eigenvalue weighted by Gasteiger charge is -2.37. The zero-order valence-corrected chi connectivity index (χ0v) is 23.6. The number of rotatable bonds is 12. The highest BCUT2D eigenvalue weighted by atomic mass is 19.3. The van der Waals surface area contributed by atoms with Crippen molar-refractivity contribution in [2.75, 3.05) is 62.8 Å². The van der Waals surface area contributed by atoms with E-state index in [9.17, 15) is 18.3 Å². The van der Waals surface area contributed by atoms with Crippen molar-refractivity contribution in [1.82, 2.24) is 24.4 Å². The average molecular weight is 576 g/mol. The number of para-hydroxylation sites is 2. The highest BCUT2D eigenvalue weighted by molar-refractivity contribution is 5.78. The number of morpholine rings is 1. The van der Waals surface area contributed by atoms with Crippen LogP contribution in [0.2, 0.25) is 0 Å². The Labute approximate surface area is 238 Å². The molecule has 1 aromatic carbocycles. The molecular formula is C29H40F3N7O2. The van der Waals surface area contributed by atoms with Crippen LogP contribution in [-0.4, -0.2) is 94.3 Å². The normalized spacial score (nSPS) is 20.7. The monoisotopic (exact) mass is 575 g/mol. The zero-order chi connectivity index (χ0) is 28.8. The average Bonchev–Trinajstić information content (AvgIpc) is 3.39. The Balaban J connectivity index is 1.34. The second kappa shape index (κ2) is 13.8. The van der Waals surface area contributed by atoms with Crippen LogP contribution in [0.1, 0.15) is 51.3 Å². The quantitative estimate of drug-likeness (QED) is 0.324. The Morgan fingerprint density at radius 1 is 1.05 bits per heavy atom. The number of nitrogens with zero attached hydrogens (tertiary/aromatic N) is 6. The number of benzene rings is 1. The maximum atomic E-state index is 14.1. The maximum absolute atomic E-state index is 14.1. The van der Waals surface area contributed by atoms with Crippen molar-refractivity contribution in [1.29, 1.82) is 0 Å². The van der Waals surface area contributed by atoms with Gasteiger partial charge in [0.1, 0.15) is 17.8 Å². The molecule has 1 aliphatic heterocycles. The van der Waals surface area contributed by atoms with Crippen molar-refractivity contribution in [2.45, 2.75) is 57.7 Å². The number of aliphatic hydroxyl groups excluding tert-OH is 1. The standard InChI is InChI=1S/C29H40F3N7O2/c1-20(30)19-38(11-4-14-40)22-9-7-21(8-10-22)18-33-29-35-25(37-12-15-41-16-13-37)17-26(36-29)39-24-6-3-2-5-23(24)34-28(39)27(31)32/h2-3,5-6,17,20-22,27,40H,4,7-16,18-19H2,1H3,(H,33,35,36)/t20?,21-,22-. The van der Waals surface area contributed by atoms with E-state index in [0.29, 0.717) is 92.9 Å². The highest BCUT2D eigenvalue weighted by Crippen LogP contribution is 2.31. The molecule has 2 aliphatic rings. The van der Waals surface area contributed by atoms with Gasteiger partial charge in [-0.05, 0) is 57.1 Å². The van der Waals surface area contributed by atoms with Gasteiger partial charge in [-0.3, -0.25) is 9.47 Å². The first kappa shape index (κ1) is 29.5. The molecule has 2 N–H and O–H groups in total. The topological polar surface area (TPSA) is 91.6 Å². The van der Waals surface area contributed by atoms with Gasteiger partial charge in [0.2, 0.25) is 5.95 Å². The van der Waals surface area contributed by atoms with E-state index in [-0.39, 0.29) is 12.4 Å². The van der Waals surface area contributed by atoms with Gasteiger partial charge in [-0.1, -0.05) is 12.1 Å². The summed E-state index contributed by atoms with van der Waals surface area (Å²) >= 11 is 0. The molecule has 41 heavy (non-hydrogen) atoms. The van der Waals surface area contributed by atoms with Crippen LogP contribution in [0.5, 0.6) is 0 Å². The first-order chi connectivity index (χ1) is 19.9. The van der Waals surface area contributed by atoms with Crippen LogP contribution >= 0.6 is 0 Å². The van der Waals surface area contributed by atoms with Crippen molar-refractivity contribution in [3.63, 3.8) is 0 Å². The lowest BCUT2D eigenvalue weighted by atomic mass is 9.85. The smallest absolute Gasteiger partial charge is 0.296 e. The van der Waals surface area contributed by atoms with E-state index in [0.717, 1.165) is 25.7 Å². The van der Waals surface area contributed by atoms with Crippen molar-refractivity contribution in [3.05, 3.63) is 36.2 Å². The van der Waals surface area contributed by atoms with Gasteiger partial charge in [0.15, 0.2) is 5.82 Å². The van der Waals surface area contributed by atoms with Gasteiger partial charge in [0.05, 0.1) is 24.2 Å². The number of hydrogen-bond acceptors (Lipinski definition) is 8. The molecule has 1 saturated carbocycles. The first-order valence-electron chi connectivity index (χ1n) is 14.6. The Kier molecular flexibility index (Phi) is 9.94. The van der Waals surface area contributed by atoms with E-state index in [2.05, 4.69) is 20.1 Å². The van der Waals surface area contributed by atoms with Gasteiger partial charge < -0.3 is 20.1 Å². The summed E-state index contributed by atoms with van der Waals surface area (Å²) in [5.74, 6) is 1.42. The molecule has 1 aliphatic carbocycles. The Bertz CT molecular complexity index is 1260. The van der Waals surface area contributed by atoms with Gasteiger partial charge in [-0.15, -0.1) is 0 Å². The van der Waals surface area contributed by atoms with Gasteiger partial charge in [-0.25, -0.2) is 18.2 Å². The van der Waals surface area contributed by atoms with Gasteiger partial charge in [0.25, 0.3) is 6.43 Å². The van der Waals surface area contributed by atoms with E-state index in [1.807, 2.05) is 0 Å². The number of fused-ring (bicyclic) bond motifs is 1. The van der Waals surface area contributed by atoms with E-state index in [1.54, 1.807) is 37.3 Å². The summed E-state index contributed by atoms with van der Waals surface area (Å²) < 4.78 is 49.0. The van der Waals surface area contributed by atoms with Gasteiger partial charge in [0, 0.05) is 51.4 Å². The van der Waals surface area contributed by atoms with Crippen LogP contribution in [-0.2, 0) is 4.74 Å². The SMILES string of the molecule is CC(F)CN(CCCO)[C@H]1CC[C@H](CNc2nc(N3CCOCC3)cc(-n3c(C(F)F)nc4ccccc43)n2)CC1. The second-order valence-corrected chi connectivity index (χ2v) is 11.0.